The predicted molar refractivity (Wildman–Crippen MR) is 87.3 cm³/mol. The van der Waals surface area contributed by atoms with Gasteiger partial charge >= 0.3 is 0 Å². The molecule has 0 bridgehead atoms. The zero-order valence-corrected chi connectivity index (χ0v) is 12.7. The molecule has 0 aliphatic carbocycles. The lowest BCUT2D eigenvalue weighted by Crippen LogP contribution is -2.13. The number of nitrogens with zero attached hydrogens (tertiary/aromatic N) is 1. The molecule has 5 heteroatoms. The smallest absolute Gasteiger partial charge is 0.124 e. The van der Waals surface area contributed by atoms with Gasteiger partial charge in [0.1, 0.15) is 10.7 Å². The minimum absolute atomic E-state index is 0.292. The molecule has 0 saturated heterocycles. The highest BCUT2D eigenvalue weighted by Gasteiger charge is 2.06. The van der Waals surface area contributed by atoms with Gasteiger partial charge in [-0.3, -0.25) is 4.98 Å². The summed E-state index contributed by atoms with van der Waals surface area (Å²) in [5.41, 5.74) is 9.34. The number of benzene rings is 1. The van der Waals surface area contributed by atoms with Gasteiger partial charge in [-0.15, -0.1) is 0 Å². The molecule has 3 nitrogen and oxygen atoms in total. The molecule has 0 fully saturated rings. The predicted octanol–water partition coefficient (Wildman–Crippen LogP) is 3.37. The molecule has 0 saturated carbocycles. The van der Waals surface area contributed by atoms with Gasteiger partial charge in [-0.2, -0.15) is 0 Å². The van der Waals surface area contributed by atoms with E-state index in [1.807, 2.05) is 18.2 Å². The van der Waals surface area contributed by atoms with Crippen molar-refractivity contribution in [1.29, 1.82) is 0 Å². The summed E-state index contributed by atoms with van der Waals surface area (Å²) < 4.78 is 1.21. The second-order valence-corrected chi connectivity index (χ2v) is 5.45. The molecule has 1 aromatic heterocycles. The maximum Gasteiger partial charge on any atom is 0.124 e. The zero-order valence-electron chi connectivity index (χ0n) is 9.77. The van der Waals surface area contributed by atoms with Gasteiger partial charge in [0.25, 0.3) is 0 Å². The number of halogens is 1. The van der Waals surface area contributed by atoms with Crippen LogP contribution in [0.1, 0.15) is 11.3 Å². The average Bonchev–Trinajstić information content (AvgIpc) is 2.34. The maximum absolute atomic E-state index is 5.65. The summed E-state index contributed by atoms with van der Waals surface area (Å²) in [4.78, 5) is 4.48. The number of anilines is 2. The number of hydrogen-bond donors (Lipinski definition) is 2. The van der Waals surface area contributed by atoms with Crippen molar-refractivity contribution in [2.75, 3.05) is 5.32 Å². The van der Waals surface area contributed by atoms with Crippen LogP contribution in [0.3, 0.4) is 0 Å². The van der Waals surface area contributed by atoms with Gasteiger partial charge in [0, 0.05) is 15.5 Å². The summed E-state index contributed by atoms with van der Waals surface area (Å²) in [6, 6.07) is 9.93. The van der Waals surface area contributed by atoms with Gasteiger partial charge in [0.05, 0.1) is 5.69 Å². The van der Waals surface area contributed by atoms with Crippen LogP contribution in [0, 0.1) is 10.5 Å². The number of pyridine rings is 1. The molecule has 2 rings (SSSR count). The molecule has 0 amide bonds. The number of thiocarbonyl (C=S) groups is 1. The van der Waals surface area contributed by atoms with E-state index in [0.29, 0.717) is 10.7 Å². The zero-order chi connectivity index (χ0) is 13.1. The van der Waals surface area contributed by atoms with E-state index in [4.69, 9.17) is 18.0 Å². The molecule has 1 aromatic carbocycles. The van der Waals surface area contributed by atoms with Crippen molar-refractivity contribution in [3.05, 3.63) is 51.4 Å². The Morgan fingerprint density at radius 1 is 1.39 bits per heavy atom. The van der Waals surface area contributed by atoms with Crippen molar-refractivity contribution in [2.45, 2.75) is 6.92 Å². The Hall–Kier alpha value is -1.21. The van der Waals surface area contributed by atoms with Crippen LogP contribution in [0.25, 0.3) is 0 Å². The molecule has 92 valence electrons. The first kappa shape index (κ1) is 13.2. The Kier molecular flexibility index (Phi) is 4.13. The SMILES string of the molecule is Cc1ccc(Nc2cccnc2C(N)=S)cc1I. The third-order valence-electron chi connectivity index (χ3n) is 2.49. The highest BCUT2D eigenvalue weighted by molar-refractivity contribution is 14.1. The lowest BCUT2D eigenvalue weighted by molar-refractivity contribution is 1.28. The Labute approximate surface area is 125 Å². The minimum Gasteiger partial charge on any atom is -0.388 e. The number of aromatic nitrogens is 1. The normalized spacial score (nSPS) is 10.1. The first-order chi connectivity index (χ1) is 8.58. The minimum atomic E-state index is 0.292. The number of rotatable bonds is 3. The van der Waals surface area contributed by atoms with Gasteiger partial charge in [0.15, 0.2) is 0 Å². The second-order valence-electron chi connectivity index (χ2n) is 3.85. The largest absolute Gasteiger partial charge is 0.388 e. The lowest BCUT2D eigenvalue weighted by atomic mass is 10.2. The van der Waals surface area contributed by atoms with E-state index in [-0.39, 0.29) is 0 Å². The lowest BCUT2D eigenvalue weighted by Gasteiger charge is -2.11. The average molecular weight is 369 g/mol. The number of nitrogens with two attached hydrogens (primary N) is 1. The van der Waals surface area contributed by atoms with Crippen LogP contribution in [0.5, 0.6) is 0 Å². The van der Waals surface area contributed by atoms with Gasteiger partial charge in [-0.05, 0) is 59.3 Å². The summed E-state index contributed by atoms with van der Waals surface area (Å²) >= 11 is 7.29. The molecule has 0 atom stereocenters. The molecular weight excluding hydrogens is 357 g/mol. The molecule has 0 unspecified atom stereocenters. The molecule has 0 radical (unpaired) electrons. The third kappa shape index (κ3) is 2.97. The molecule has 1 heterocycles. The van der Waals surface area contributed by atoms with Crippen LogP contribution in [-0.2, 0) is 0 Å². The Balaban J connectivity index is 2.34. The fourth-order valence-corrected chi connectivity index (χ4v) is 2.21. The van der Waals surface area contributed by atoms with Gasteiger partial charge in [0.2, 0.25) is 0 Å². The highest BCUT2D eigenvalue weighted by Crippen LogP contribution is 2.22. The van der Waals surface area contributed by atoms with Crippen LogP contribution in [-0.4, -0.2) is 9.97 Å². The molecule has 3 N–H and O–H groups in total. The van der Waals surface area contributed by atoms with E-state index in [2.05, 4.69) is 51.9 Å². The van der Waals surface area contributed by atoms with Crippen molar-refractivity contribution in [2.24, 2.45) is 5.73 Å². The van der Waals surface area contributed by atoms with Gasteiger partial charge in [-0.25, -0.2) is 0 Å². The van der Waals surface area contributed by atoms with E-state index in [9.17, 15) is 0 Å². The van der Waals surface area contributed by atoms with Crippen LogP contribution < -0.4 is 11.1 Å². The van der Waals surface area contributed by atoms with Crippen molar-refractivity contribution in [3.63, 3.8) is 0 Å². The van der Waals surface area contributed by atoms with Crippen LogP contribution in [0.4, 0.5) is 11.4 Å². The van der Waals surface area contributed by atoms with Crippen LogP contribution in [0.2, 0.25) is 0 Å². The summed E-state index contributed by atoms with van der Waals surface area (Å²) in [6.45, 7) is 2.08. The fraction of sp³-hybridized carbons (Fsp3) is 0.0769. The fourth-order valence-electron chi connectivity index (χ4n) is 1.53. The monoisotopic (exact) mass is 369 g/mol. The van der Waals surface area contributed by atoms with Crippen molar-refractivity contribution < 1.29 is 0 Å². The topological polar surface area (TPSA) is 50.9 Å². The molecular formula is C13H12IN3S. The maximum atomic E-state index is 5.65. The first-order valence-corrected chi connectivity index (χ1v) is 6.84. The van der Waals surface area contributed by atoms with E-state index in [1.54, 1.807) is 6.20 Å². The number of hydrogen-bond acceptors (Lipinski definition) is 3. The summed E-state index contributed by atoms with van der Waals surface area (Å²) in [6.07, 6.45) is 1.68. The van der Waals surface area contributed by atoms with E-state index in [1.165, 1.54) is 9.13 Å². The van der Waals surface area contributed by atoms with E-state index in [0.717, 1.165) is 11.4 Å². The molecule has 0 aliphatic heterocycles. The molecule has 0 spiro atoms. The van der Waals surface area contributed by atoms with E-state index < -0.39 is 0 Å². The molecule has 0 aliphatic rings. The summed E-state index contributed by atoms with van der Waals surface area (Å²) in [5, 5.41) is 3.29. The van der Waals surface area contributed by atoms with Gasteiger partial charge in [-0.1, -0.05) is 18.3 Å². The first-order valence-electron chi connectivity index (χ1n) is 5.36. The Morgan fingerprint density at radius 3 is 2.83 bits per heavy atom. The van der Waals surface area contributed by atoms with E-state index >= 15 is 0 Å². The van der Waals surface area contributed by atoms with Crippen molar-refractivity contribution in [1.82, 2.24) is 4.98 Å². The van der Waals surface area contributed by atoms with Crippen LogP contribution >= 0.6 is 34.8 Å². The summed E-state index contributed by atoms with van der Waals surface area (Å²) in [7, 11) is 0. The Morgan fingerprint density at radius 2 is 2.17 bits per heavy atom. The van der Waals surface area contributed by atoms with Gasteiger partial charge < -0.3 is 11.1 Å². The standard InChI is InChI=1S/C13H12IN3S/c1-8-4-5-9(7-10(8)14)17-11-3-2-6-16-12(11)13(15)18/h2-7,17H,1H3,(H2,15,18). The molecule has 2 aromatic rings. The van der Waals surface area contributed by atoms with Crippen molar-refractivity contribution in [3.8, 4) is 0 Å². The Bertz CT molecular complexity index is 599. The van der Waals surface area contributed by atoms with Crippen LogP contribution in [0.15, 0.2) is 36.5 Å². The molecule has 18 heavy (non-hydrogen) atoms. The number of nitrogens with one attached hydrogen (secondary N) is 1. The third-order valence-corrected chi connectivity index (χ3v) is 3.85. The quantitative estimate of drug-likeness (QED) is 0.644. The van der Waals surface area contributed by atoms with Crippen molar-refractivity contribution >= 4 is 51.2 Å². The highest BCUT2D eigenvalue weighted by atomic mass is 127. The second kappa shape index (κ2) is 5.62. The number of aryl methyl sites for hydroxylation is 1. The summed E-state index contributed by atoms with van der Waals surface area (Å²) in [5.74, 6) is 0.